The Morgan fingerprint density at radius 1 is 1.42 bits per heavy atom. The zero-order valence-corrected chi connectivity index (χ0v) is 13.2. The molecule has 108 valence electrons. The van der Waals surface area contributed by atoms with E-state index in [1.165, 1.54) is 0 Å². The van der Waals surface area contributed by atoms with Crippen LogP contribution in [0.15, 0.2) is 18.2 Å². The van der Waals surface area contributed by atoms with Crippen molar-refractivity contribution in [3.63, 3.8) is 0 Å². The molecule has 0 spiro atoms. The maximum Gasteiger partial charge on any atom is 0.129 e. The van der Waals surface area contributed by atoms with Gasteiger partial charge in [-0.2, -0.15) is 11.8 Å². The Morgan fingerprint density at radius 3 is 2.79 bits per heavy atom. The van der Waals surface area contributed by atoms with Crippen LogP contribution in [0.4, 0.5) is 10.1 Å². The number of hydrogen-bond acceptors (Lipinski definition) is 3. The highest BCUT2D eigenvalue weighted by molar-refractivity contribution is 7.98. The summed E-state index contributed by atoms with van der Waals surface area (Å²) in [5.74, 6) is 0.916. The molecule has 0 aromatic heterocycles. The zero-order valence-electron chi connectivity index (χ0n) is 12.4. The Labute approximate surface area is 120 Å². The molecule has 2 nitrogen and oxygen atoms in total. The number of anilines is 1. The Balaban J connectivity index is 2.89. The van der Waals surface area contributed by atoms with Crippen LogP contribution in [0, 0.1) is 5.82 Å². The number of benzene rings is 1. The molecule has 19 heavy (non-hydrogen) atoms. The van der Waals surface area contributed by atoms with Crippen molar-refractivity contribution >= 4 is 17.4 Å². The van der Waals surface area contributed by atoms with Gasteiger partial charge >= 0.3 is 0 Å². The molecular weight excluding hydrogens is 259 g/mol. The maximum atomic E-state index is 14.0. The third-order valence-electron chi connectivity index (χ3n) is 3.27. The van der Waals surface area contributed by atoms with Gasteiger partial charge < -0.3 is 10.2 Å². The lowest BCUT2D eigenvalue weighted by atomic mass is 10.1. The van der Waals surface area contributed by atoms with Gasteiger partial charge in [0.1, 0.15) is 5.82 Å². The molecule has 1 rings (SSSR count). The molecule has 0 fully saturated rings. The fourth-order valence-corrected chi connectivity index (χ4v) is 2.74. The molecule has 0 aliphatic heterocycles. The summed E-state index contributed by atoms with van der Waals surface area (Å²) in [6, 6.07) is 5.72. The highest BCUT2D eigenvalue weighted by atomic mass is 32.2. The largest absolute Gasteiger partial charge is 0.371 e. The minimum Gasteiger partial charge on any atom is -0.371 e. The van der Waals surface area contributed by atoms with Gasteiger partial charge in [0.2, 0.25) is 0 Å². The van der Waals surface area contributed by atoms with Crippen molar-refractivity contribution in [2.75, 3.05) is 30.5 Å². The van der Waals surface area contributed by atoms with Crippen LogP contribution in [0.25, 0.3) is 0 Å². The number of thioether (sulfide) groups is 1. The van der Waals surface area contributed by atoms with Crippen molar-refractivity contribution in [2.45, 2.75) is 32.9 Å². The second-order valence-corrected chi connectivity index (χ2v) is 5.74. The van der Waals surface area contributed by atoms with Crippen LogP contribution in [0.5, 0.6) is 0 Å². The summed E-state index contributed by atoms with van der Waals surface area (Å²) in [7, 11) is 2.04. The van der Waals surface area contributed by atoms with Gasteiger partial charge in [0, 0.05) is 36.6 Å². The van der Waals surface area contributed by atoms with Crippen LogP contribution < -0.4 is 10.2 Å². The van der Waals surface area contributed by atoms with E-state index in [1.807, 2.05) is 24.9 Å². The first-order valence-electron chi connectivity index (χ1n) is 6.81. The fourth-order valence-electron chi connectivity index (χ4n) is 2.03. The smallest absolute Gasteiger partial charge is 0.129 e. The van der Waals surface area contributed by atoms with E-state index in [9.17, 15) is 4.39 Å². The van der Waals surface area contributed by atoms with Crippen LogP contribution in [-0.4, -0.2) is 31.6 Å². The van der Waals surface area contributed by atoms with Gasteiger partial charge in [-0.3, -0.25) is 0 Å². The minimum atomic E-state index is -0.121. The molecule has 0 amide bonds. The SMILES string of the molecule is CCCNCc1c(F)cccc1N(C)C(C)CSC. The molecule has 0 bridgehead atoms. The third-order valence-corrected chi connectivity index (χ3v) is 4.09. The summed E-state index contributed by atoms with van der Waals surface area (Å²) >= 11 is 1.81. The summed E-state index contributed by atoms with van der Waals surface area (Å²) in [5.41, 5.74) is 1.76. The average molecular weight is 284 g/mol. The summed E-state index contributed by atoms with van der Waals surface area (Å²) < 4.78 is 14.0. The first kappa shape index (κ1) is 16.3. The van der Waals surface area contributed by atoms with E-state index in [1.54, 1.807) is 12.1 Å². The molecule has 0 heterocycles. The molecule has 4 heteroatoms. The number of halogens is 1. The topological polar surface area (TPSA) is 15.3 Å². The molecule has 0 aliphatic carbocycles. The van der Waals surface area contributed by atoms with E-state index >= 15 is 0 Å². The third kappa shape index (κ3) is 4.69. The van der Waals surface area contributed by atoms with E-state index in [2.05, 4.69) is 30.3 Å². The quantitative estimate of drug-likeness (QED) is 0.735. The normalized spacial score (nSPS) is 12.5. The van der Waals surface area contributed by atoms with Gasteiger partial charge in [0.05, 0.1) is 0 Å². The van der Waals surface area contributed by atoms with Crippen molar-refractivity contribution in [1.82, 2.24) is 5.32 Å². The molecule has 0 aliphatic rings. The predicted molar refractivity (Wildman–Crippen MR) is 84.6 cm³/mol. The molecule has 0 saturated carbocycles. The van der Waals surface area contributed by atoms with Gasteiger partial charge in [-0.05, 0) is 38.3 Å². The van der Waals surface area contributed by atoms with Crippen molar-refractivity contribution in [2.24, 2.45) is 0 Å². The molecule has 1 unspecified atom stereocenters. The minimum absolute atomic E-state index is 0.121. The maximum absolute atomic E-state index is 14.0. The van der Waals surface area contributed by atoms with Crippen LogP contribution in [0.3, 0.4) is 0 Å². The Morgan fingerprint density at radius 2 is 2.16 bits per heavy atom. The van der Waals surface area contributed by atoms with E-state index in [4.69, 9.17) is 0 Å². The molecular formula is C15H25FN2S. The Bertz CT molecular complexity index is 384. The van der Waals surface area contributed by atoms with Gasteiger partial charge in [-0.15, -0.1) is 0 Å². The van der Waals surface area contributed by atoms with Crippen LogP contribution in [0.2, 0.25) is 0 Å². The van der Waals surface area contributed by atoms with E-state index in [0.29, 0.717) is 12.6 Å². The summed E-state index contributed by atoms with van der Waals surface area (Å²) in [6.07, 6.45) is 3.15. The van der Waals surface area contributed by atoms with Crippen molar-refractivity contribution in [1.29, 1.82) is 0 Å². The molecule has 1 aromatic carbocycles. The van der Waals surface area contributed by atoms with E-state index in [0.717, 1.165) is 30.0 Å². The number of nitrogens with one attached hydrogen (secondary N) is 1. The number of hydrogen-bond donors (Lipinski definition) is 1. The van der Waals surface area contributed by atoms with Crippen LogP contribution in [0.1, 0.15) is 25.8 Å². The van der Waals surface area contributed by atoms with Crippen LogP contribution in [-0.2, 0) is 6.54 Å². The van der Waals surface area contributed by atoms with Crippen molar-refractivity contribution < 1.29 is 4.39 Å². The van der Waals surface area contributed by atoms with Crippen LogP contribution >= 0.6 is 11.8 Å². The fraction of sp³-hybridized carbons (Fsp3) is 0.600. The lowest BCUT2D eigenvalue weighted by Gasteiger charge is -2.29. The second-order valence-electron chi connectivity index (χ2n) is 4.83. The number of nitrogens with zero attached hydrogens (tertiary/aromatic N) is 1. The van der Waals surface area contributed by atoms with Crippen molar-refractivity contribution in [3.8, 4) is 0 Å². The molecule has 1 atom stereocenters. The second kappa shape index (κ2) is 8.43. The number of rotatable bonds is 8. The molecule has 0 radical (unpaired) electrons. The Kier molecular flexibility index (Phi) is 7.24. The summed E-state index contributed by atoms with van der Waals surface area (Å²) in [5, 5.41) is 3.29. The molecule has 1 N–H and O–H groups in total. The van der Waals surface area contributed by atoms with Gasteiger partial charge in [-0.1, -0.05) is 13.0 Å². The average Bonchev–Trinajstić information content (AvgIpc) is 2.40. The van der Waals surface area contributed by atoms with Gasteiger partial charge in [0.25, 0.3) is 0 Å². The highest BCUT2D eigenvalue weighted by Crippen LogP contribution is 2.24. The summed E-state index contributed by atoms with van der Waals surface area (Å²) in [6.45, 7) is 5.79. The van der Waals surface area contributed by atoms with Crippen molar-refractivity contribution in [3.05, 3.63) is 29.6 Å². The lowest BCUT2D eigenvalue weighted by molar-refractivity contribution is 0.583. The van der Waals surface area contributed by atoms with Gasteiger partial charge in [0.15, 0.2) is 0 Å². The monoisotopic (exact) mass is 284 g/mol. The first-order chi connectivity index (χ1) is 9.11. The van der Waals surface area contributed by atoms with E-state index in [-0.39, 0.29) is 5.82 Å². The summed E-state index contributed by atoms with van der Waals surface area (Å²) in [4.78, 5) is 2.17. The van der Waals surface area contributed by atoms with Gasteiger partial charge in [-0.25, -0.2) is 4.39 Å². The van der Waals surface area contributed by atoms with E-state index < -0.39 is 0 Å². The molecule has 0 saturated heterocycles. The zero-order chi connectivity index (χ0) is 14.3. The standard InChI is InChI=1S/C15H25FN2S/c1-5-9-17-10-13-14(16)7-6-8-15(13)18(3)12(2)11-19-4/h6-8,12,17H,5,9-11H2,1-4H3. The molecule has 1 aromatic rings. The first-order valence-corrected chi connectivity index (χ1v) is 8.21. The Hall–Kier alpha value is -0.740. The predicted octanol–water partition coefficient (Wildman–Crippen LogP) is 3.51. The lowest BCUT2D eigenvalue weighted by Crippen LogP contribution is -2.32. The highest BCUT2D eigenvalue weighted by Gasteiger charge is 2.15.